The van der Waals surface area contributed by atoms with E-state index in [1.165, 1.54) is 0 Å². The molecule has 66 valence electrons. The summed E-state index contributed by atoms with van der Waals surface area (Å²) in [7, 11) is 3.31. The van der Waals surface area contributed by atoms with Crippen molar-refractivity contribution in [3.8, 4) is 0 Å². The lowest BCUT2D eigenvalue weighted by Crippen LogP contribution is -2.26. The Bertz CT molecular complexity index is 116. The van der Waals surface area contributed by atoms with Gasteiger partial charge in [0, 0.05) is 20.3 Å². The summed E-state index contributed by atoms with van der Waals surface area (Å²) in [5.41, 5.74) is 0. The van der Waals surface area contributed by atoms with Gasteiger partial charge in [0.25, 0.3) is 0 Å². The summed E-state index contributed by atoms with van der Waals surface area (Å²) in [6, 6.07) is 0. The summed E-state index contributed by atoms with van der Waals surface area (Å²) in [6.07, 6.45) is 0.562. The molecule has 0 aliphatic rings. The number of hydrogen-bond donors (Lipinski definition) is 2. The van der Waals surface area contributed by atoms with E-state index in [0.717, 1.165) is 0 Å². The molecule has 1 unspecified atom stereocenters. The normalized spacial score (nSPS) is 12.9. The lowest BCUT2D eigenvalue weighted by molar-refractivity contribution is -0.142. The van der Waals surface area contributed by atoms with Crippen molar-refractivity contribution in [1.29, 1.82) is 0 Å². The van der Waals surface area contributed by atoms with Crippen molar-refractivity contribution in [1.82, 2.24) is 5.32 Å². The molecule has 11 heavy (non-hydrogen) atoms. The van der Waals surface area contributed by atoms with Gasteiger partial charge in [-0.1, -0.05) is 0 Å². The van der Waals surface area contributed by atoms with Gasteiger partial charge in [-0.3, -0.25) is 4.79 Å². The van der Waals surface area contributed by atoms with Gasteiger partial charge >= 0.3 is 5.97 Å². The Kier molecular flexibility index (Phi) is 5.78. The van der Waals surface area contributed by atoms with E-state index >= 15 is 0 Å². The van der Waals surface area contributed by atoms with Crippen molar-refractivity contribution in [2.24, 2.45) is 5.92 Å². The second kappa shape index (κ2) is 6.12. The predicted octanol–water partition coefficient (Wildman–Crippen LogP) is -0.0569. The Morgan fingerprint density at radius 2 is 2.36 bits per heavy atom. The van der Waals surface area contributed by atoms with Crippen molar-refractivity contribution in [3.63, 3.8) is 0 Å². The number of carboxylic acid groups (broad SMARTS) is 1. The Labute approximate surface area is 66.5 Å². The molecule has 0 bridgehead atoms. The molecule has 0 spiro atoms. The molecule has 0 saturated carbocycles. The highest BCUT2D eigenvalue weighted by atomic mass is 16.5. The standard InChI is InChI=1S/C7H15NO3/c1-8-5-6(7(9)10)3-4-11-2/h6,8H,3-5H2,1-2H3,(H,9,10). The number of methoxy groups -OCH3 is 1. The molecule has 2 N–H and O–H groups in total. The summed E-state index contributed by atoms with van der Waals surface area (Å²) < 4.78 is 4.78. The Morgan fingerprint density at radius 3 is 2.73 bits per heavy atom. The van der Waals surface area contributed by atoms with Gasteiger partial charge in [-0.25, -0.2) is 0 Å². The van der Waals surface area contributed by atoms with Gasteiger partial charge in [0.15, 0.2) is 0 Å². The third kappa shape index (κ3) is 4.75. The van der Waals surface area contributed by atoms with Crippen molar-refractivity contribution in [2.75, 3.05) is 27.3 Å². The number of carboxylic acids is 1. The summed E-state index contributed by atoms with van der Waals surface area (Å²) in [5, 5.41) is 11.5. The molecule has 0 amide bonds. The molecule has 0 aromatic carbocycles. The first-order valence-corrected chi connectivity index (χ1v) is 3.58. The second-order valence-corrected chi connectivity index (χ2v) is 2.37. The number of rotatable bonds is 6. The molecular weight excluding hydrogens is 146 g/mol. The van der Waals surface area contributed by atoms with E-state index in [2.05, 4.69) is 5.32 Å². The van der Waals surface area contributed by atoms with Gasteiger partial charge in [-0.05, 0) is 13.5 Å². The van der Waals surface area contributed by atoms with Crippen LogP contribution in [-0.2, 0) is 9.53 Å². The van der Waals surface area contributed by atoms with E-state index < -0.39 is 5.97 Å². The van der Waals surface area contributed by atoms with E-state index in [-0.39, 0.29) is 5.92 Å². The number of nitrogens with one attached hydrogen (secondary N) is 1. The largest absolute Gasteiger partial charge is 0.481 e. The van der Waals surface area contributed by atoms with Gasteiger partial charge in [-0.15, -0.1) is 0 Å². The van der Waals surface area contributed by atoms with Crippen LogP contribution in [0.25, 0.3) is 0 Å². The van der Waals surface area contributed by atoms with Crippen LogP contribution >= 0.6 is 0 Å². The topological polar surface area (TPSA) is 58.6 Å². The van der Waals surface area contributed by atoms with Crippen LogP contribution in [0.1, 0.15) is 6.42 Å². The number of hydrogen-bond acceptors (Lipinski definition) is 3. The monoisotopic (exact) mass is 161 g/mol. The summed E-state index contributed by atoms with van der Waals surface area (Å²) in [5.74, 6) is -1.10. The third-order valence-electron chi connectivity index (χ3n) is 1.47. The molecule has 0 rings (SSSR count). The molecule has 0 aromatic rings. The second-order valence-electron chi connectivity index (χ2n) is 2.37. The Balaban J connectivity index is 3.60. The maximum atomic E-state index is 10.5. The first-order chi connectivity index (χ1) is 5.22. The molecule has 4 nitrogen and oxygen atoms in total. The number of carbonyl (C=O) groups is 1. The molecular formula is C7H15NO3. The van der Waals surface area contributed by atoms with Gasteiger partial charge in [0.1, 0.15) is 0 Å². The lowest BCUT2D eigenvalue weighted by Gasteiger charge is -2.09. The van der Waals surface area contributed by atoms with Gasteiger partial charge < -0.3 is 15.2 Å². The van der Waals surface area contributed by atoms with Crippen molar-refractivity contribution in [2.45, 2.75) is 6.42 Å². The van der Waals surface area contributed by atoms with Crippen LogP contribution in [0.5, 0.6) is 0 Å². The van der Waals surface area contributed by atoms with Crippen LogP contribution in [0.4, 0.5) is 0 Å². The maximum Gasteiger partial charge on any atom is 0.307 e. The van der Waals surface area contributed by atoms with E-state index in [9.17, 15) is 4.79 Å². The van der Waals surface area contributed by atoms with Crippen LogP contribution < -0.4 is 5.32 Å². The van der Waals surface area contributed by atoms with Crippen LogP contribution in [0, 0.1) is 5.92 Å². The average Bonchev–Trinajstić information content (AvgIpc) is 1.97. The quantitative estimate of drug-likeness (QED) is 0.573. The minimum atomic E-state index is -0.767. The molecule has 0 saturated heterocycles. The van der Waals surface area contributed by atoms with Crippen molar-refractivity contribution < 1.29 is 14.6 Å². The Morgan fingerprint density at radius 1 is 1.73 bits per heavy atom. The van der Waals surface area contributed by atoms with Crippen LogP contribution in [-0.4, -0.2) is 38.4 Å². The van der Waals surface area contributed by atoms with E-state index in [1.54, 1.807) is 14.2 Å². The summed E-state index contributed by atoms with van der Waals surface area (Å²) in [4.78, 5) is 10.5. The summed E-state index contributed by atoms with van der Waals surface area (Å²) >= 11 is 0. The van der Waals surface area contributed by atoms with Crippen LogP contribution in [0.2, 0.25) is 0 Å². The highest BCUT2D eigenvalue weighted by Crippen LogP contribution is 2.01. The molecule has 0 heterocycles. The Hall–Kier alpha value is -0.610. The molecule has 0 aliphatic heterocycles. The SMILES string of the molecule is CNCC(CCOC)C(=O)O. The van der Waals surface area contributed by atoms with Crippen LogP contribution in [0.3, 0.4) is 0 Å². The van der Waals surface area contributed by atoms with E-state index in [4.69, 9.17) is 9.84 Å². The fourth-order valence-electron chi connectivity index (χ4n) is 0.819. The van der Waals surface area contributed by atoms with Crippen LogP contribution in [0.15, 0.2) is 0 Å². The third-order valence-corrected chi connectivity index (χ3v) is 1.47. The predicted molar refractivity (Wildman–Crippen MR) is 41.5 cm³/mol. The lowest BCUT2D eigenvalue weighted by atomic mass is 10.1. The van der Waals surface area contributed by atoms with Gasteiger partial charge in [0.05, 0.1) is 5.92 Å². The van der Waals surface area contributed by atoms with E-state index in [0.29, 0.717) is 19.6 Å². The molecule has 0 fully saturated rings. The fourth-order valence-corrected chi connectivity index (χ4v) is 0.819. The highest BCUT2D eigenvalue weighted by molar-refractivity contribution is 5.70. The average molecular weight is 161 g/mol. The zero-order valence-corrected chi connectivity index (χ0v) is 6.96. The molecule has 0 aromatic heterocycles. The highest BCUT2D eigenvalue weighted by Gasteiger charge is 2.15. The van der Waals surface area contributed by atoms with E-state index in [1.807, 2.05) is 0 Å². The minimum absolute atomic E-state index is 0.333. The van der Waals surface area contributed by atoms with Gasteiger partial charge in [0.2, 0.25) is 0 Å². The first-order valence-electron chi connectivity index (χ1n) is 3.58. The first kappa shape index (κ1) is 10.4. The van der Waals surface area contributed by atoms with Crippen molar-refractivity contribution >= 4 is 5.97 Å². The van der Waals surface area contributed by atoms with Crippen molar-refractivity contribution in [3.05, 3.63) is 0 Å². The molecule has 0 radical (unpaired) electrons. The molecule has 4 heteroatoms. The number of aliphatic carboxylic acids is 1. The minimum Gasteiger partial charge on any atom is -0.481 e. The zero-order valence-electron chi connectivity index (χ0n) is 6.96. The summed E-state index contributed by atoms with van der Waals surface area (Å²) in [6.45, 7) is 0.997. The fraction of sp³-hybridized carbons (Fsp3) is 0.857. The van der Waals surface area contributed by atoms with Gasteiger partial charge in [-0.2, -0.15) is 0 Å². The molecule has 1 atom stereocenters. The zero-order chi connectivity index (χ0) is 8.69. The smallest absolute Gasteiger partial charge is 0.307 e. The molecule has 0 aliphatic carbocycles. The number of ether oxygens (including phenoxy) is 1. The maximum absolute atomic E-state index is 10.5.